The number of hydrogen-bond donors (Lipinski definition) is 2. The number of ether oxygens (including phenoxy) is 2. The molecular formula is C16H28N2O2. The molecule has 0 aromatic heterocycles. The molecule has 0 unspecified atom stereocenters. The molecule has 0 atom stereocenters. The van der Waals surface area contributed by atoms with Gasteiger partial charge in [0.2, 0.25) is 0 Å². The van der Waals surface area contributed by atoms with E-state index >= 15 is 0 Å². The lowest BCUT2D eigenvalue weighted by molar-refractivity contribution is 0.110. The van der Waals surface area contributed by atoms with E-state index in [0.717, 1.165) is 49.7 Å². The van der Waals surface area contributed by atoms with Crippen LogP contribution in [0.15, 0.2) is 18.2 Å². The molecule has 114 valence electrons. The first-order valence-electron chi connectivity index (χ1n) is 7.46. The van der Waals surface area contributed by atoms with Crippen LogP contribution in [0, 0.1) is 5.92 Å². The summed E-state index contributed by atoms with van der Waals surface area (Å²) in [4.78, 5) is 0. The van der Waals surface area contributed by atoms with Gasteiger partial charge in [0.15, 0.2) is 0 Å². The van der Waals surface area contributed by atoms with Gasteiger partial charge in [0.25, 0.3) is 0 Å². The van der Waals surface area contributed by atoms with E-state index in [4.69, 9.17) is 15.2 Å². The Bertz CT molecular complexity index is 381. The van der Waals surface area contributed by atoms with Crippen molar-refractivity contribution in [3.63, 3.8) is 0 Å². The van der Waals surface area contributed by atoms with Crippen LogP contribution in [0.4, 0.5) is 11.4 Å². The van der Waals surface area contributed by atoms with Crippen molar-refractivity contribution < 1.29 is 9.47 Å². The summed E-state index contributed by atoms with van der Waals surface area (Å²) in [5, 5.41) is 3.35. The molecule has 0 aliphatic heterocycles. The van der Waals surface area contributed by atoms with E-state index in [-0.39, 0.29) is 0 Å². The van der Waals surface area contributed by atoms with Crippen LogP contribution in [-0.4, -0.2) is 26.4 Å². The Balaban J connectivity index is 2.30. The number of nitrogen functional groups attached to an aromatic ring is 1. The quantitative estimate of drug-likeness (QED) is 0.508. The molecule has 0 saturated carbocycles. The average Bonchev–Trinajstić information content (AvgIpc) is 2.39. The third-order valence-corrected chi connectivity index (χ3v) is 2.65. The van der Waals surface area contributed by atoms with Crippen molar-refractivity contribution in [2.45, 2.75) is 33.6 Å². The zero-order valence-electron chi connectivity index (χ0n) is 12.9. The summed E-state index contributed by atoms with van der Waals surface area (Å²) in [6, 6.07) is 5.77. The molecule has 4 heteroatoms. The van der Waals surface area contributed by atoms with Gasteiger partial charge in [-0.2, -0.15) is 0 Å². The lowest BCUT2D eigenvalue weighted by atomic mass is 10.2. The van der Waals surface area contributed by atoms with Crippen molar-refractivity contribution in [2.24, 2.45) is 5.92 Å². The minimum Gasteiger partial charge on any atom is -0.493 e. The second kappa shape index (κ2) is 9.48. The number of nitrogens with two attached hydrogens (primary N) is 1. The largest absolute Gasteiger partial charge is 0.493 e. The van der Waals surface area contributed by atoms with Gasteiger partial charge in [-0.3, -0.25) is 0 Å². The molecule has 0 bridgehead atoms. The average molecular weight is 280 g/mol. The topological polar surface area (TPSA) is 56.5 Å². The Morgan fingerprint density at radius 1 is 1.20 bits per heavy atom. The highest BCUT2D eigenvalue weighted by atomic mass is 16.5. The Morgan fingerprint density at radius 3 is 2.70 bits per heavy atom. The van der Waals surface area contributed by atoms with Gasteiger partial charge in [0.05, 0.1) is 6.61 Å². The summed E-state index contributed by atoms with van der Waals surface area (Å²) >= 11 is 0. The van der Waals surface area contributed by atoms with Gasteiger partial charge in [-0.15, -0.1) is 0 Å². The number of rotatable bonds is 10. The van der Waals surface area contributed by atoms with Crippen molar-refractivity contribution in [1.29, 1.82) is 0 Å². The molecule has 0 amide bonds. The number of benzene rings is 1. The van der Waals surface area contributed by atoms with Crippen LogP contribution in [0.1, 0.15) is 33.6 Å². The minimum atomic E-state index is 0.593. The third-order valence-electron chi connectivity index (χ3n) is 2.65. The van der Waals surface area contributed by atoms with E-state index in [0.29, 0.717) is 12.5 Å². The molecule has 3 N–H and O–H groups in total. The van der Waals surface area contributed by atoms with Crippen molar-refractivity contribution in [2.75, 3.05) is 37.4 Å². The van der Waals surface area contributed by atoms with E-state index < -0.39 is 0 Å². The molecule has 1 aromatic rings. The predicted octanol–water partition coefficient (Wildman–Crippen LogP) is 3.53. The second-order valence-corrected chi connectivity index (χ2v) is 5.39. The highest BCUT2D eigenvalue weighted by molar-refractivity contribution is 5.59. The lowest BCUT2D eigenvalue weighted by Crippen LogP contribution is -2.09. The SMILES string of the molecule is CCCOc1cc(N)cc(NCCCOCC(C)C)c1. The normalized spacial score (nSPS) is 10.8. The van der Waals surface area contributed by atoms with Crippen LogP contribution in [0.5, 0.6) is 5.75 Å². The van der Waals surface area contributed by atoms with Gasteiger partial charge in [-0.05, 0) is 24.8 Å². The first kappa shape index (κ1) is 16.6. The molecule has 4 nitrogen and oxygen atoms in total. The lowest BCUT2D eigenvalue weighted by Gasteiger charge is -2.11. The summed E-state index contributed by atoms with van der Waals surface area (Å²) in [5.41, 5.74) is 7.59. The molecule has 0 radical (unpaired) electrons. The molecule has 0 saturated heterocycles. The maximum Gasteiger partial charge on any atom is 0.123 e. The van der Waals surface area contributed by atoms with Crippen molar-refractivity contribution >= 4 is 11.4 Å². The van der Waals surface area contributed by atoms with Crippen molar-refractivity contribution in [1.82, 2.24) is 0 Å². The van der Waals surface area contributed by atoms with Crippen LogP contribution in [0.3, 0.4) is 0 Å². The maximum absolute atomic E-state index is 5.87. The molecule has 0 heterocycles. The number of nitrogens with one attached hydrogen (secondary N) is 1. The van der Waals surface area contributed by atoms with E-state index in [1.807, 2.05) is 18.2 Å². The highest BCUT2D eigenvalue weighted by Crippen LogP contribution is 2.22. The molecule has 0 aliphatic rings. The molecule has 1 aromatic carbocycles. The zero-order valence-corrected chi connectivity index (χ0v) is 12.9. The fourth-order valence-corrected chi connectivity index (χ4v) is 1.75. The van der Waals surface area contributed by atoms with Crippen LogP contribution in [0.2, 0.25) is 0 Å². The fourth-order valence-electron chi connectivity index (χ4n) is 1.75. The zero-order chi connectivity index (χ0) is 14.8. The monoisotopic (exact) mass is 280 g/mol. The maximum atomic E-state index is 5.87. The smallest absolute Gasteiger partial charge is 0.123 e. The van der Waals surface area contributed by atoms with Crippen molar-refractivity contribution in [3.05, 3.63) is 18.2 Å². The van der Waals surface area contributed by atoms with Gasteiger partial charge in [0, 0.05) is 43.3 Å². The van der Waals surface area contributed by atoms with E-state index in [1.54, 1.807) is 0 Å². The molecule has 0 fully saturated rings. The van der Waals surface area contributed by atoms with Crippen LogP contribution >= 0.6 is 0 Å². The van der Waals surface area contributed by atoms with Gasteiger partial charge in [0.1, 0.15) is 5.75 Å². The minimum absolute atomic E-state index is 0.593. The van der Waals surface area contributed by atoms with Crippen LogP contribution < -0.4 is 15.8 Å². The molecule has 0 aliphatic carbocycles. The van der Waals surface area contributed by atoms with Gasteiger partial charge in [-0.1, -0.05) is 20.8 Å². The Hall–Kier alpha value is -1.42. The molecule has 0 spiro atoms. The second-order valence-electron chi connectivity index (χ2n) is 5.39. The first-order valence-corrected chi connectivity index (χ1v) is 7.46. The Labute approximate surface area is 122 Å². The summed E-state index contributed by atoms with van der Waals surface area (Å²) < 4.78 is 11.1. The van der Waals surface area contributed by atoms with E-state index in [1.165, 1.54) is 0 Å². The molecule has 1 rings (SSSR count). The van der Waals surface area contributed by atoms with Gasteiger partial charge < -0.3 is 20.5 Å². The van der Waals surface area contributed by atoms with Crippen LogP contribution in [-0.2, 0) is 4.74 Å². The predicted molar refractivity (Wildman–Crippen MR) is 85.4 cm³/mol. The van der Waals surface area contributed by atoms with Gasteiger partial charge in [-0.25, -0.2) is 0 Å². The fraction of sp³-hybridized carbons (Fsp3) is 0.625. The first-order chi connectivity index (χ1) is 9.61. The van der Waals surface area contributed by atoms with E-state index in [9.17, 15) is 0 Å². The Morgan fingerprint density at radius 2 is 2.00 bits per heavy atom. The van der Waals surface area contributed by atoms with Crippen LogP contribution in [0.25, 0.3) is 0 Å². The Kier molecular flexibility index (Phi) is 7.88. The third kappa shape index (κ3) is 7.24. The standard InChI is InChI=1S/C16H28N2O2/c1-4-7-20-16-10-14(17)9-15(11-16)18-6-5-8-19-12-13(2)3/h9-11,13,18H,4-8,12,17H2,1-3H3. The highest BCUT2D eigenvalue weighted by Gasteiger charge is 2.00. The van der Waals surface area contributed by atoms with Gasteiger partial charge >= 0.3 is 0 Å². The van der Waals surface area contributed by atoms with E-state index in [2.05, 4.69) is 26.1 Å². The number of hydrogen-bond acceptors (Lipinski definition) is 4. The van der Waals surface area contributed by atoms with Crippen molar-refractivity contribution in [3.8, 4) is 5.75 Å². The summed E-state index contributed by atoms with van der Waals surface area (Å²) in [6.45, 7) is 9.59. The summed E-state index contributed by atoms with van der Waals surface area (Å²) in [5.74, 6) is 1.42. The molecule has 20 heavy (non-hydrogen) atoms. The summed E-state index contributed by atoms with van der Waals surface area (Å²) in [6.07, 6.45) is 1.97. The summed E-state index contributed by atoms with van der Waals surface area (Å²) in [7, 11) is 0. The molecular weight excluding hydrogens is 252 g/mol. The number of anilines is 2.